The molecule has 0 spiro atoms. The average Bonchev–Trinajstić information content (AvgIpc) is 2.82. The van der Waals surface area contributed by atoms with Gasteiger partial charge in [0.1, 0.15) is 5.75 Å². The predicted octanol–water partition coefficient (Wildman–Crippen LogP) is 2.34. The molecule has 1 heterocycles. The number of nitrogens with two attached hydrogens (primary N) is 1. The number of hydrogen-bond acceptors (Lipinski definition) is 4. The lowest BCUT2D eigenvalue weighted by molar-refractivity contribution is -0.140. The first-order valence-corrected chi connectivity index (χ1v) is 6.68. The fourth-order valence-electron chi connectivity index (χ4n) is 2.10. The van der Waals surface area contributed by atoms with Crippen LogP contribution >= 0.6 is 15.9 Å². The van der Waals surface area contributed by atoms with Crippen LogP contribution in [-0.2, 0) is 16.0 Å². The fourth-order valence-corrected chi connectivity index (χ4v) is 2.63. The maximum absolute atomic E-state index is 11.1. The van der Waals surface area contributed by atoms with Crippen LogP contribution in [0, 0.1) is 0 Å². The molecule has 1 atom stereocenters. The van der Waals surface area contributed by atoms with Crippen molar-refractivity contribution in [2.24, 2.45) is 5.73 Å². The third-order valence-electron chi connectivity index (χ3n) is 3.06. The summed E-state index contributed by atoms with van der Waals surface area (Å²) in [5.41, 5.74) is 8.26. The van der Waals surface area contributed by atoms with E-state index in [0.29, 0.717) is 19.4 Å². The molecule has 0 aliphatic carbocycles. The van der Waals surface area contributed by atoms with Gasteiger partial charge in [-0.2, -0.15) is 0 Å². The number of benzene rings is 1. The second kappa shape index (κ2) is 5.71. The molecule has 5 heteroatoms. The Kier molecular flexibility index (Phi) is 4.24. The minimum atomic E-state index is -0.238. The molecule has 2 rings (SSSR count). The van der Waals surface area contributed by atoms with Crippen LogP contribution in [0.2, 0.25) is 0 Å². The van der Waals surface area contributed by atoms with Crippen molar-refractivity contribution < 1.29 is 14.3 Å². The molecule has 18 heavy (non-hydrogen) atoms. The highest BCUT2D eigenvalue weighted by atomic mass is 79.9. The topological polar surface area (TPSA) is 61.5 Å². The zero-order valence-electron chi connectivity index (χ0n) is 10.2. The van der Waals surface area contributed by atoms with Crippen LogP contribution in [0.4, 0.5) is 0 Å². The number of carbonyl (C=O) groups is 1. The molecule has 0 amide bonds. The van der Waals surface area contributed by atoms with E-state index in [1.807, 2.05) is 6.07 Å². The van der Waals surface area contributed by atoms with Gasteiger partial charge in [0.05, 0.1) is 13.7 Å². The van der Waals surface area contributed by atoms with Gasteiger partial charge in [0, 0.05) is 28.9 Å². The Morgan fingerprint density at radius 1 is 1.61 bits per heavy atom. The van der Waals surface area contributed by atoms with Crippen LogP contribution in [0.1, 0.15) is 30.0 Å². The number of hydrogen-bond donors (Lipinski definition) is 1. The minimum absolute atomic E-state index is 0.214. The smallest absolute Gasteiger partial charge is 0.305 e. The molecule has 0 saturated heterocycles. The van der Waals surface area contributed by atoms with Gasteiger partial charge in [-0.1, -0.05) is 15.9 Å². The zero-order valence-corrected chi connectivity index (χ0v) is 11.8. The van der Waals surface area contributed by atoms with Gasteiger partial charge >= 0.3 is 5.97 Å². The Morgan fingerprint density at radius 3 is 3.11 bits per heavy atom. The summed E-state index contributed by atoms with van der Waals surface area (Å²) < 4.78 is 11.2. The van der Waals surface area contributed by atoms with Gasteiger partial charge in [-0.25, -0.2) is 0 Å². The molecule has 0 saturated carbocycles. The van der Waals surface area contributed by atoms with Gasteiger partial charge in [-0.3, -0.25) is 4.79 Å². The molecule has 1 unspecified atom stereocenters. The van der Waals surface area contributed by atoms with Crippen LogP contribution in [0.15, 0.2) is 16.6 Å². The largest absolute Gasteiger partial charge is 0.493 e. The fraction of sp³-hybridized carbons (Fsp3) is 0.462. The van der Waals surface area contributed by atoms with Gasteiger partial charge in [-0.05, 0) is 24.1 Å². The van der Waals surface area contributed by atoms with E-state index in [9.17, 15) is 4.79 Å². The predicted molar refractivity (Wildman–Crippen MR) is 71.5 cm³/mol. The van der Waals surface area contributed by atoms with Crippen molar-refractivity contribution in [3.63, 3.8) is 0 Å². The first-order valence-electron chi connectivity index (χ1n) is 5.89. The van der Waals surface area contributed by atoms with E-state index in [4.69, 9.17) is 10.5 Å². The third-order valence-corrected chi connectivity index (χ3v) is 3.52. The molecule has 1 aliphatic rings. The van der Waals surface area contributed by atoms with E-state index in [1.54, 1.807) is 0 Å². The monoisotopic (exact) mass is 313 g/mol. The van der Waals surface area contributed by atoms with Gasteiger partial charge in [0.2, 0.25) is 0 Å². The second-order valence-corrected chi connectivity index (χ2v) is 5.22. The zero-order chi connectivity index (χ0) is 13.1. The van der Waals surface area contributed by atoms with E-state index >= 15 is 0 Å². The Hall–Kier alpha value is -1.07. The minimum Gasteiger partial charge on any atom is -0.493 e. The summed E-state index contributed by atoms with van der Waals surface area (Å²) in [4.78, 5) is 11.1. The SMILES string of the molecule is COC(=O)CCC(N)c1cc(Br)cc2c1OCC2. The molecule has 0 bridgehead atoms. The van der Waals surface area contributed by atoms with Crippen LogP contribution in [0.3, 0.4) is 0 Å². The van der Waals surface area contributed by atoms with Gasteiger partial charge in [0.15, 0.2) is 0 Å². The number of fused-ring (bicyclic) bond motifs is 1. The van der Waals surface area contributed by atoms with Crippen molar-refractivity contribution in [3.8, 4) is 5.75 Å². The molecular formula is C13H16BrNO3. The van der Waals surface area contributed by atoms with Gasteiger partial charge in [-0.15, -0.1) is 0 Å². The Balaban J connectivity index is 2.15. The highest BCUT2D eigenvalue weighted by molar-refractivity contribution is 9.10. The van der Waals surface area contributed by atoms with Gasteiger partial charge < -0.3 is 15.2 Å². The quantitative estimate of drug-likeness (QED) is 0.867. The van der Waals surface area contributed by atoms with E-state index in [-0.39, 0.29) is 12.0 Å². The second-order valence-electron chi connectivity index (χ2n) is 4.30. The highest BCUT2D eigenvalue weighted by Gasteiger charge is 2.21. The first kappa shape index (κ1) is 13.4. The molecular weight excluding hydrogens is 298 g/mol. The Labute approximate surface area is 115 Å². The highest BCUT2D eigenvalue weighted by Crippen LogP contribution is 2.36. The van der Waals surface area contributed by atoms with Crippen LogP contribution in [-0.4, -0.2) is 19.7 Å². The molecule has 2 N–H and O–H groups in total. The van der Waals surface area contributed by atoms with Crippen molar-refractivity contribution in [3.05, 3.63) is 27.7 Å². The van der Waals surface area contributed by atoms with E-state index < -0.39 is 0 Å². The Morgan fingerprint density at radius 2 is 2.39 bits per heavy atom. The summed E-state index contributed by atoms with van der Waals surface area (Å²) in [5.74, 6) is 0.647. The van der Waals surface area contributed by atoms with Crippen LogP contribution < -0.4 is 10.5 Å². The lowest BCUT2D eigenvalue weighted by Gasteiger charge is -2.15. The number of carbonyl (C=O) groups excluding carboxylic acids is 1. The summed E-state index contributed by atoms with van der Waals surface area (Å²) in [7, 11) is 1.38. The first-order chi connectivity index (χ1) is 8.61. The van der Waals surface area contributed by atoms with Crippen LogP contribution in [0.5, 0.6) is 5.75 Å². The third kappa shape index (κ3) is 2.84. The average molecular weight is 314 g/mol. The molecule has 1 aromatic carbocycles. The molecule has 1 aliphatic heterocycles. The number of esters is 1. The Bertz CT molecular complexity index is 462. The molecule has 98 valence electrons. The van der Waals surface area contributed by atoms with Gasteiger partial charge in [0.25, 0.3) is 0 Å². The maximum Gasteiger partial charge on any atom is 0.305 e. The summed E-state index contributed by atoms with van der Waals surface area (Å²) in [6.07, 6.45) is 1.78. The van der Waals surface area contributed by atoms with Crippen molar-refractivity contribution >= 4 is 21.9 Å². The summed E-state index contributed by atoms with van der Waals surface area (Å²) in [6.45, 7) is 0.697. The van der Waals surface area contributed by atoms with Crippen molar-refractivity contribution in [1.29, 1.82) is 0 Å². The summed E-state index contributed by atoms with van der Waals surface area (Å²) in [5, 5.41) is 0. The molecule has 1 aromatic rings. The van der Waals surface area contributed by atoms with Crippen molar-refractivity contribution in [2.45, 2.75) is 25.3 Å². The molecule has 0 fully saturated rings. The lowest BCUT2D eigenvalue weighted by Crippen LogP contribution is -2.14. The molecule has 0 aromatic heterocycles. The molecule has 4 nitrogen and oxygen atoms in total. The van der Waals surface area contributed by atoms with Crippen molar-refractivity contribution in [1.82, 2.24) is 0 Å². The number of ether oxygens (including phenoxy) is 2. The summed E-state index contributed by atoms with van der Waals surface area (Å²) in [6, 6.07) is 3.80. The standard InChI is InChI=1S/C13H16BrNO3/c1-17-12(16)3-2-11(15)10-7-9(14)6-8-4-5-18-13(8)10/h6-7,11H,2-5,15H2,1H3. The van der Waals surface area contributed by atoms with E-state index in [0.717, 1.165) is 22.2 Å². The summed E-state index contributed by atoms with van der Waals surface area (Å²) >= 11 is 3.48. The van der Waals surface area contributed by atoms with E-state index in [2.05, 4.69) is 26.7 Å². The number of methoxy groups -OCH3 is 1. The maximum atomic E-state index is 11.1. The number of rotatable bonds is 4. The molecule has 0 radical (unpaired) electrons. The van der Waals surface area contributed by atoms with E-state index in [1.165, 1.54) is 12.7 Å². The van der Waals surface area contributed by atoms with Crippen molar-refractivity contribution in [2.75, 3.05) is 13.7 Å². The number of halogens is 1. The van der Waals surface area contributed by atoms with Crippen LogP contribution in [0.25, 0.3) is 0 Å². The lowest BCUT2D eigenvalue weighted by atomic mass is 9.99. The normalized spacial score (nSPS) is 14.8.